The van der Waals surface area contributed by atoms with Gasteiger partial charge in [0.2, 0.25) is 0 Å². The molecular weight excluding hydrogens is 250 g/mol. The summed E-state index contributed by atoms with van der Waals surface area (Å²) < 4.78 is 7.27. The van der Waals surface area contributed by atoms with E-state index >= 15 is 0 Å². The van der Waals surface area contributed by atoms with Gasteiger partial charge in [-0.3, -0.25) is 4.68 Å². The fourth-order valence-corrected chi connectivity index (χ4v) is 2.81. The van der Waals surface area contributed by atoms with Crippen molar-refractivity contribution in [2.75, 3.05) is 13.2 Å². The molecule has 1 atom stereocenters. The van der Waals surface area contributed by atoms with Crippen molar-refractivity contribution < 1.29 is 4.74 Å². The van der Waals surface area contributed by atoms with Gasteiger partial charge in [-0.15, -0.1) is 0 Å². The lowest BCUT2D eigenvalue weighted by molar-refractivity contribution is 0.0216. The Bertz CT molecular complexity index is 469. The van der Waals surface area contributed by atoms with Gasteiger partial charge in [0.15, 0.2) is 0 Å². The summed E-state index contributed by atoms with van der Waals surface area (Å²) in [6, 6.07) is 2.42. The largest absolute Gasteiger partial charge is 0.380 e. The van der Waals surface area contributed by atoms with Gasteiger partial charge in [-0.25, -0.2) is 0 Å². The first-order valence-electron chi connectivity index (χ1n) is 6.31. The van der Waals surface area contributed by atoms with E-state index in [1.165, 1.54) is 0 Å². The van der Waals surface area contributed by atoms with Crippen LogP contribution in [0.15, 0.2) is 0 Å². The van der Waals surface area contributed by atoms with Crippen LogP contribution in [0.1, 0.15) is 31.2 Å². The van der Waals surface area contributed by atoms with Crippen LogP contribution in [-0.2, 0) is 24.6 Å². The minimum Gasteiger partial charge on any atom is -0.380 e. The fourth-order valence-electron chi connectivity index (χ4n) is 2.45. The van der Waals surface area contributed by atoms with Crippen molar-refractivity contribution in [1.29, 1.82) is 5.26 Å². The molecule has 0 radical (unpaired) electrons. The zero-order valence-electron chi connectivity index (χ0n) is 10.9. The van der Waals surface area contributed by atoms with Gasteiger partial charge < -0.3 is 4.74 Å². The average Bonchev–Trinajstić information content (AvgIpc) is 2.67. The molecule has 5 heteroatoms. The number of nitrogens with zero attached hydrogens (tertiary/aromatic N) is 3. The van der Waals surface area contributed by atoms with Gasteiger partial charge in [-0.1, -0.05) is 18.5 Å². The zero-order chi connectivity index (χ0) is 13.2. The lowest BCUT2D eigenvalue weighted by atomic mass is 9.80. The smallest absolute Gasteiger partial charge is 0.0863 e. The normalized spacial score (nSPS) is 23.9. The van der Waals surface area contributed by atoms with Gasteiger partial charge in [0.1, 0.15) is 0 Å². The summed E-state index contributed by atoms with van der Waals surface area (Å²) in [6.07, 6.45) is 3.23. The van der Waals surface area contributed by atoms with Gasteiger partial charge in [-0.2, -0.15) is 10.4 Å². The Hall–Kier alpha value is -1.05. The lowest BCUT2D eigenvalue weighted by Gasteiger charge is -2.30. The maximum absolute atomic E-state index is 9.45. The first-order chi connectivity index (χ1) is 8.62. The molecular formula is C13H18ClN3O. The van der Waals surface area contributed by atoms with Crippen LogP contribution in [0.25, 0.3) is 0 Å². The highest BCUT2D eigenvalue weighted by molar-refractivity contribution is 6.31. The Labute approximate surface area is 112 Å². The van der Waals surface area contributed by atoms with Crippen molar-refractivity contribution in [3.8, 4) is 6.07 Å². The second-order valence-electron chi connectivity index (χ2n) is 4.91. The Kier molecular flexibility index (Phi) is 3.94. The van der Waals surface area contributed by atoms with Gasteiger partial charge in [0.25, 0.3) is 0 Å². The van der Waals surface area contributed by atoms with Crippen LogP contribution in [0.3, 0.4) is 0 Å². The molecule has 18 heavy (non-hydrogen) atoms. The first kappa shape index (κ1) is 13.4. The molecule has 0 saturated carbocycles. The zero-order valence-corrected chi connectivity index (χ0v) is 11.6. The third-order valence-electron chi connectivity index (χ3n) is 3.57. The molecule has 2 rings (SSSR count). The Balaban J connectivity index is 2.27. The molecule has 4 nitrogen and oxygen atoms in total. The number of hydrogen-bond acceptors (Lipinski definition) is 3. The summed E-state index contributed by atoms with van der Waals surface area (Å²) in [7, 11) is 1.88. The Morgan fingerprint density at radius 1 is 1.61 bits per heavy atom. The van der Waals surface area contributed by atoms with Gasteiger partial charge >= 0.3 is 0 Å². The van der Waals surface area contributed by atoms with Crippen LogP contribution >= 0.6 is 11.6 Å². The number of rotatable bonds is 3. The van der Waals surface area contributed by atoms with E-state index in [9.17, 15) is 5.26 Å². The summed E-state index contributed by atoms with van der Waals surface area (Å²) in [4.78, 5) is 0. The standard InChI is InChI=1S/C13H18ClN3O/c1-3-10-12(14)11(17(2)16-10)7-13(8-15)5-4-6-18-9-13/h3-7,9H2,1-2H3. The van der Waals surface area contributed by atoms with Crippen molar-refractivity contribution in [2.24, 2.45) is 12.5 Å². The van der Waals surface area contributed by atoms with Gasteiger partial charge in [0, 0.05) is 20.1 Å². The van der Waals surface area contributed by atoms with Crippen LogP contribution in [0.4, 0.5) is 0 Å². The van der Waals surface area contributed by atoms with Crippen LogP contribution in [0.2, 0.25) is 5.02 Å². The summed E-state index contributed by atoms with van der Waals surface area (Å²) in [5, 5.41) is 14.5. The number of aryl methyl sites for hydroxylation is 2. The molecule has 1 saturated heterocycles. The predicted octanol–water partition coefficient (Wildman–Crippen LogP) is 2.50. The third kappa shape index (κ3) is 2.38. The van der Waals surface area contributed by atoms with Crippen molar-refractivity contribution in [3.05, 3.63) is 16.4 Å². The molecule has 0 N–H and O–H groups in total. The van der Waals surface area contributed by atoms with Gasteiger partial charge in [-0.05, 0) is 19.3 Å². The van der Waals surface area contributed by atoms with E-state index in [0.717, 1.165) is 37.3 Å². The molecule has 2 heterocycles. The monoisotopic (exact) mass is 267 g/mol. The number of aromatic nitrogens is 2. The highest BCUT2D eigenvalue weighted by atomic mass is 35.5. The minimum absolute atomic E-state index is 0.444. The molecule has 0 aromatic carbocycles. The lowest BCUT2D eigenvalue weighted by Crippen LogP contribution is -2.33. The molecule has 1 aromatic rings. The molecule has 98 valence electrons. The maximum atomic E-state index is 9.45. The summed E-state index contributed by atoms with van der Waals surface area (Å²) >= 11 is 6.33. The van der Waals surface area contributed by atoms with Crippen LogP contribution in [0.5, 0.6) is 0 Å². The van der Waals surface area contributed by atoms with E-state index in [2.05, 4.69) is 11.2 Å². The fraction of sp³-hybridized carbons (Fsp3) is 0.692. The summed E-state index contributed by atoms with van der Waals surface area (Å²) in [6.45, 7) is 3.27. The van der Waals surface area contributed by atoms with Crippen LogP contribution in [0, 0.1) is 16.7 Å². The number of nitriles is 1. The molecule has 0 bridgehead atoms. The summed E-state index contributed by atoms with van der Waals surface area (Å²) in [5.74, 6) is 0. The van der Waals surface area contributed by atoms with E-state index in [1.54, 1.807) is 4.68 Å². The average molecular weight is 268 g/mol. The highest BCUT2D eigenvalue weighted by Gasteiger charge is 2.35. The SMILES string of the molecule is CCc1nn(C)c(CC2(C#N)CCCOC2)c1Cl. The topological polar surface area (TPSA) is 50.8 Å². The third-order valence-corrected chi connectivity index (χ3v) is 4.00. The van der Waals surface area contributed by atoms with Crippen molar-refractivity contribution in [1.82, 2.24) is 9.78 Å². The molecule has 1 aliphatic heterocycles. The van der Waals surface area contributed by atoms with E-state index < -0.39 is 5.41 Å². The molecule has 0 spiro atoms. The summed E-state index contributed by atoms with van der Waals surface area (Å²) in [5.41, 5.74) is 1.40. The molecule has 0 aliphatic carbocycles. The molecule has 1 aromatic heterocycles. The van der Waals surface area contributed by atoms with Crippen molar-refractivity contribution >= 4 is 11.6 Å². The predicted molar refractivity (Wildman–Crippen MR) is 69.4 cm³/mol. The van der Waals surface area contributed by atoms with Crippen molar-refractivity contribution in [3.63, 3.8) is 0 Å². The Morgan fingerprint density at radius 2 is 2.39 bits per heavy atom. The second-order valence-corrected chi connectivity index (χ2v) is 5.29. The molecule has 0 amide bonds. The maximum Gasteiger partial charge on any atom is 0.0863 e. The Morgan fingerprint density at radius 3 is 2.89 bits per heavy atom. The highest BCUT2D eigenvalue weighted by Crippen LogP contribution is 2.34. The quantitative estimate of drug-likeness (QED) is 0.845. The molecule has 1 aliphatic rings. The number of halogens is 1. The van der Waals surface area contributed by atoms with Gasteiger partial charge in [0.05, 0.1) is 34.5 Å². The minimum atomic E-state index is -0.444. The van der Waals surface area contributed by atoms with Crippen molar-refractivity contribution in [2.45, 2.75) is 32.6 Å². The molecule has 1 unspecified atom stereocenters. The number of hydrogen-bond donors (Lipinski definition) is 0. The van der Waals surface area contributed by atoms with E-state index in [-0.39, 0.29) is 0 Å². The second kappa shape index (κ2) is 5.29. The first-order valence-corrected chi connectivity index (χ1v) is 6.69. The van der Waals surface area contributed by atoms with Crippen LogP contribution < -0.4 is 0 Å². The molecule has 1 fully saturated rings. The van der Waals surface area contributed by atoms with E-state index in [1.807, 2.05) is 14.0 Å². The number of ether oxygens (including phenoxy) is 1. The van der Waals surface area contributed by atoms with Crippen LogP contribution in [-0.4, -0.2) is 23.0 Å². The van der Waals surface area contributed by atoms with E-state index in [4.69, 9.17) is 16.3 Å². The van der Waals surface area contributed by atoms with E-state index in [0.29, 0.717) is 18.1 Å².